The molecule has 0 bridgehead atoms. The van der Waals surface area contributed by atoms with Crippen molar-refractivity contribution >= 4 is 21.6 Å². The van der Waals surface area contributed by atoms with Crippen molar-refractivity contribution in [1.29, 1.82) is 0 Å². The van der Waals surface area contributed by atoms with Gasteiger partial charge in [-0.15, -0.1) is 0 Å². The van der Waals surface area contributed by atoms with Gasteiger partial charge in [0.2, 0.25) is 21.8 Å². The Hall–Kier alpha value is -2.26. The van der Waals surface area contributed by atoms with Gasteiger partial charge in [0.1, 0.15) is 0 Å². The van der Waals surface area contributed by atoms with Crippen molar-refractivity contribution < 1.29 is 17.7 Å². The van der Waals surface area contributed by atoms with Gasteiger partial charge in [-0.1, -0.05) is 25.1 Å². The molecule has 0 aliphatic rings. The van der Waals surface area contributed by atoms with Crippen LogP contribution in [0.2, 0.25) is 0 Å². The zero-order valence-electron chi connectivity index (χ0n) is 13.9. The molecule has 1 atom stereocenters. The van der Waals surface area contributed by atoms with Crippen LogP contribution in [0.5, 0.6) is 0 Å². The van der Waals surface area contributed by atoms with Crippen molar-refractivity contribution in [3.63, 3.8) is 0 Å². The summed E-state index contributed by atoms with van der Waals surface area (Å²) >= 11 is 0. The SMILES string of the molecule is CC(=O)Nc1cccc(S(=O)(=O)N[C@@H](C)c2nc(C(C)C)no2)c1. The molecule has 8 nitrogen and oxygen atoms in total. The minimum Gasteiger partial charge on any atom is -0.338 e. The second kappa shape index (κ2) is 7.10. The minimum absolute atomic E-state index is 0.0317. The number of aromatic nitrogens is 2. The van der Waals surface area contributed by atoms with Gasteiger partial charge in [0, 0.05) is 18.5 Å². The first-order valence-electron chi connectivity index (χ1n) is 7.42. The highest BCUT2D eigenvalue weighted by atomic mass is 32.2. The molecule has 2 N–H and O–H groups in total. The van der Waals surface area contributed by atoms with Crippen LogP contribution in [0.3, 0.4) is 0 Å². The predicted molar refractivity (Wildman–Crippen MR) is 87.9 cm³/mol. The molecule has 1 amide bonds. The van der Waals surface area contributed by atoms with Gasteiger partial charge in [-0.25, -0.2) is 8.42 Å². The summed E-state index contributed by atoms with van der Waals surface area (Å²) in [5.41, 5.74) is 0.401. The molecule has 1 aromatic carbocycles. The summed E-state index contributed by atoms with van der Waals surface area (Å²) in [4.78, 5) is 15.3. The Morgan fingerprint density at radius 3 is 2.54 bits per heavy atom. The van der Waals surface area contributed by atoms with E-state index in [0.29, 0.717) is 11.5 Å². The molecule has 0 spiro atoms. The van der Waals surface area contributed by atoms with Crippen LogP contribution < -0.4 is 10.0 Å². The Morgan fingerprint density at radius 1 is 1.25 bits per heavy atom. The molecule has 0 fully saturated rings. The quantitative estimate of drug-likeness (QED) is 0.823. The minimum atomic E-state index is -3.81. The molecule has 1 heterocycles. The van der Waals surface area contributed by atoms with Gasteiger partial charge in [0.05, 0.1) is 10.9 Å². The number of benzene rings is 1. The smallest absolute Gasteiger partial charge is 0.244 e. The third-order valence-corrected chi connectivity index (χ3v) is 4.68. The maximum Gasteiger partial charge on any atom is 0.244 e. The Kier molecular flexibility index (Phi) is 5.35. The fourth-order valence-corrected chi connectivity index (χ4v) is 3.20. The van der Waals surface area contributed by atoms with Crippen molar-refractivity contribution in [3.05, 3.63) is 36.0 Å². The molecular weight excluding hydrogens is 332 g/mol. The third-order valence-electron chi connectivity index (χ3n) is 3.14. The van der Waals surface area contributed by atoms with Gasteiger partial charge in [0.15, 0.2) is 5.82 Å². The number of amides is 1. The molecule has 0 unspecified atom stereocenters. The number of carbonyl (C=O) groups is 1. The second-order valence-electron chi connectivity index (χ2n) is 5.70. The first-order valence-corrected chi connectivity index (χ1v) is 8.91. The molecule has 2 aromatic rings. The van der Waals surface area contributed by atoms with Crippen LogP contribution in [0.25, 0.3) is 0 Å². The van der Waals surface area contributed by atoms with E-state index in [9.17, 15) is 13.2 Å². The number of sulfonamides is 1. The number of hydrogen-bond acceptors (Lipinski definition) is 6. The van der Waals surface area contributed by atoms with Crippen molar-refractivity contribution in [2.24, 2.45) is 0 Å². The molecule has 0 radical (unpaired) electrons. The Bertz CT molecular complexity index is 830. The standard InChI is InChI=1S/C15H20N4O4S/c1-9(2)14-17-15(23-18-14)10(3)19-24(21,22)13-7-5-6-12(8-13)16-11(4)20/h5-10,19H,1-4H3,(H,16,20)/t10-/m0/s1. The van der Waals surface area contributed by atoms with Crippen LogP contribution in [-0.4, -0.2) is 24.5 Å². The average Bonchev–Trinajstić information content (AvgIpc) is 2.96. The van der Waals surface area contributed by atoms with E-state index in [2.05, 4.69) is 20.2 Å². The maximum atomic E-state index is 12.5. The molecule has 9 heteroatoms. The maximum absolute atomic E-state index is 12.5. The van der Waals surface area contributed by atoms with Gasteiger partial charge < -0.3 is 9.84 Å². The summed E-state index contributed by atoms with van der Waals surface area (Å²) in [7, 11) is -3.81. The first-order chi connectivity index (χ1) is 11.2. The molecule has 24 heavy (non-hydrogen) atoms. The van der Waals surface area contributed by atoms with E-state index in [1.807, 2.05) is 13.8 Å². The molecule has 0 saturated carbocycles. The molecule has 130 valence electrons. The summed E-state index contributed by atoms with van der Waals surface area (Å²) in [6.45, 7) is 6.80. The van der Waals surface area contributed by atoms with E-state index < -0.39 is 16.1 Å². The Labute approximate surface area is 140 Å². The van der Waals surface area contributed by atoms with E-state index in [1.54, 1.807) is 19.1 Å². The summed E-state index contributed by atoms with van der Waals surface area (Å²) < 4.78 is 32.5. The molecular formula is C15H20N4O4S. The Morgan fingerprint density at radius 2 is 1.96 bits per heavy atom. The topological polar surface area (TPSA) is 114 Å². The van der Waals surface area contributed by atoms with Crippen LogP contribution in [-0.2, 0) is 14.8 Å². The number of hydrogen-bond donors (Lipinski definition) is 2. The van der Waals surface area contributed by atoms with Gasteiger partial charge >= 0.3 is 0 Å². The number of nitrogens with zero attached hydrogens (tertiary/aromatic N) is 2. The van der Waals surface area contributed by atoms with Crippen LogP contribution in [0.15, 0.2) is 33.7 Å². The Balaban J connectivity index is 2.19. The largest absolute Gasteiger partial charge is 0.338 e. The van der Waals surface area contributed by atoms with E-state index in [4.69, 9.17) is 4.52 Å². The summed E-state index contributed by atoms with van der Waals surface area (Å²) in [5, 5.41) is 6.36. The molecule has 1 aromatic heterocycles. The van der Waals surface area contributed by atoms with Crippen LogP contribution in [0.1, 0.15) is 51.4 Å². The van der Waals surface area contributed by atoms with Crippen molar-refractivity contribution in [2.45, 2.75) is 44.6 Å². The lowest BCUT2D eigenvalue weighted by Gasteiger charge is -2.11. The lowest BCUT2D eigenvalue weighted by molar-refractivity contribution is -0.114. The van der Waals surface area contributed by atoms with E-state index in [0.717, 1.165) is 0 Å². The molecule has 2 rings (SSSR count). The fraction of sp³-hybridized carbons (Fsp3) is 0.400. The van der Waals surface area contributed by atoms with Crippen molar-refractivity contribution in [3.8, 4) is 0 Å². The predicted octanol–water partition coefficient (Wildman–Crippen LogP) is 2.19. The highest BCUT2D eigenvalue weighted by Gasteiger charge is 2.23. The zero-order valence-corrected chi connectivity index (χ0v) is 14.7. The van der Waals surface area contributed by atoms with Crippen LogP contribution in [0, 0.1) is 0 Å². The molecule has 0 aliphatic carbocycles. The number of rotatable bonds is 6. The van der Waals surface area contributed by atoms with E-state index in [1.165, 1.54) is 19.1 Å². The number of anilines is 1. The highest BCUT2D eigenvalue weighted by molar-refractivity contribution is 7.89. The molecule has 0 saturated heterocycles. The van der Waals surface area contributed by atoms with Gasteiger partial charge in [-0.2, -0.15) is 9.71 Å². The normalized spacial score (nSPS) is 13.0. The van der Waals surface area contributed by atoms with Gasteiger partial charge in [-0.3, -0.25) is 4.79 Å². The fourth-order valence-electron chi connectivity index (χ4n) is 1.95. The van der Waals surface area contributed by atoms with Gasteiger partial charge in [-0.05, 0) is 25.1 Å². The summed E-state index contributed by atoms with van der Waals surface area (Å²) in [6.07, 6.45) is 0. The first kappa shape index (κ1) is 18.1. The second-order valence-corrected chi connectivity index (χ2v) is 7.41. The van der Waals surface area contributed by atoms with Crippen LogP contribution >= 0.6 is 0 Å². The van der Waals surface area contributed by atoms with E-state index in [-0.39, 0.29) is 22.6 Å². The summed E-state index contributed by atoms with van der Waals surface area (Å²) in [5.74, 6) is 0.516. The monoisotopic (exact) mass is 352 g/mol. The lowest BCUT2D eigenvalue weighted by atomic mass is 10.2. The van der Waals surface area contributed by atoms with Crippen LogP contribution in [0.4, 0.5) is 5.69 Å². The number of carbonyl (C=O) groups excluding carboxylic acids is 1. The average molecular weight is 352 g/mol. The number of nitrogens with one attached hydrogen (secondary N) is 2. The van der Waals surface area contributed by atoms with E-state index >= 15 is 0 Å². The lowest BCUT2D eigenvalue weighted by Crippen LogP contribution is -2.27. The summed E-state index contributed by atoms with van der Waals surface area (Å²) in [6, 6.07) is 5.29. The van der Waals surface area contributed by atoms with Gasteiger partial charge in [0.25, 0.3) is 0 Å². The zero-order chi connectivity index (χ0) is 17.9. The molecule has 0 aliphatic heterocycles. The van der Waals surface area contributed by atoms with Crippen molar-refractivity contribution in [2.75, 3.05) is 5.32 Å². The highest BCUT2D eigenvalue weighted by Crippen LogP contribution is 2.20. The van der Waals surface area contributed by atoms with Crippen molar-refractivity contribution in [1.82, 2.24) is 14.9 Å². The third kappa shape index (κ3) is 4.39.